The van der Waals surface area contributed by atoms with Gasteiger partial charge < -0.3 is 19.5 Å². The maximum absolute atomic E-state index is 12.2. The summed E-state index contributed by atoms with van der Waals surface area (Å²) in [6.07, 6.45) is 3.47. The summed E-state index contributed by atoms with van der Waals surface area (Å²) in [5.74, 6) is 0.644. The second-order valence-corrected chi connectivity index (χ2v) is 6.11. The fraction of sp³-hybridized carbons (Fsp3) is 0.412. The summed E-state index contributed by atoms with van der Waals surface area (Å²) in [6.45, 7) is 1.13. The van der Waals surface area contributed by atoms with E-state index in [1.165, 1.54) is 20.3 Å². The standard InChI is InChI=1S/C17H19BrN2O4/c1-22-15-8-11(7-14(18)16(15)23-2)6-12(9-19)17(21)20-10-13-4-3-5-24-13/h6-8,13H,3-5,10H2,1-2H3,(H,20,21)/b12-6+/t13-/m1/s1. The molecule has 1 aromatic carbocycles. The molecule has 0 spiro atoms. The quantitative estimate of drug-likeness (QED) is 0.592. The van der Waals surface area contributed by atoms with Crippen LogP contribution in [0.1, 0.15) is 18.4 Å². The first-order valence-corrected chi connectivity index (χ1v) is 8.31. The lowest BCUT2D eigenvalue weighted by molar-refractivity contribution is -0.117. The van der Waals surface area contributed by atoms with Gasteiger partial charge in [0.2, 0.25) is 0 Å². The van der Waals surface area contributed by atoms with Crippen molar-refractivity contribution in [1.29, 1.82) is 5.26 Å². The summed E-state index contributed by atoms with van der Waals surface area (Å²) in [7, 11) is 3.06. The highest BCUT2D eigenvalue weighted by atomic mass is 79.9. The number of nitrogens with one attached hydrogen (secondary N) is 1. The molecule has 1 saturated heterocycles. The van der Waals surface area contributed by atoms with Crippen molar-refractivity contribution in [3.63, 3.8) is 0 Å². The van der Waals surface area contributed by atoms with E-state index < -0.39 is 5.91 Å². The average Bonchev–Trinajstić information content (AvgIpc) is 3.10. The van der Waals surface area contributed by atoms with Crippen molar-refractivity contribution in [3.05, 3.63) is 27.7 Å². The number of nitriles is 1. The van der Waals surface area contributed by atoms with Gasteiger partial charge in [-0.05, 0) is 52.5 Å². The van der Waals surface area contributed by atoms with Crippen LogP contribution in [0.2, 0.25) is 0 Å². The summed E-state index contributed by atoms with van der Waals surface area (Å²) in [4.78, 5) is 12.2. The summed E-state index contributed by atoms with van der Waals surface area (Å²) < 4.78 is 16.6. The lowest BCUT2D eigenvalue weighted by Crippen LogP contribution is -2.32. The van der Waals surface area contributed by atoms with Crippen LogP contribution in [0.25, 0.3) is 6.08 Å². The Bertz CT molecular complexity index is 676. The van der Waals surface area contributed by atoms with Gasteiger partial charge in [-0.2, -0.15) is 5.26 Å². The Kier molecular flexibility index (Phi) is 6.64. The Labute approximate surface area is 149 Å². The first kappa shape index (κ1) is 18.3. The molecule has 1 aromatic rings. The van der Waals surface area contributed by atoms with Crippen LogP contribution < -0.4 is 14.8 Å². The van der Waals surface area contributed by atoms with Gasteiger partial charge in [0, 0.05) is 13.2 Å². The van der Waals surface area contributed by atoms with Crippen molar-refractivity contribution in [2.45, 2.75) is 18.9 Å². The van der Waals surface area contributed by atoms with Crippen LogP contribution in [0.3, 0.4) is 0 Å². The van der Waals surface area contributed by atoms with Gasteiger partial charge in [-0.15, -0.1) is 0 Å². The van der Waals surface area contributed by atoms with E-state index in [4.69, 9.17) is 14.2 Å². The second kappa shape index (κ2) is 8.71. The summed E-state index contributed by atoms with van der Waals surface area (Å²) in [6, 6.07) is 5.39. The highest BCUT2D eigenvalue weighted by Gasteiger charge is 2.18. The monoisotopic (exact) mass is 394 g/mol. The molecule has 1 atom stereocenters. The molecule has 0 saturated carbocycles. The molecule has 0 radical (unpaired) electrons. The third-order valence-corrected chi connectivity index (χ3v) is 4.24. The molecule has 1 amide bonds. The maximum Gasteiger partial charge on any atom is 0.262 e. The third kappa shape index (κ3) is 4.49. The highest BCUT2D eigenvalue weighted by molar-refractivity contribution is 9.10. The topological polar surface area (TPSA) is 80.6 Å². The minimum Gasteiger partial charge on any atom is -0.493 e. The SMILES string of the molecule is COc1cc(/C=C(\C#N)C(=O)NC[C@H]2CCCO2)cc(Br)c1OC. The number of carbonyl (C=O) groups is 1. The van der Waals surface area contributed by atoms with Crippen LogP contribution >= 0.6 is 15.9 Å². The van der Waals surface area contributed by atoms with Crippen molar-refractivity contribution < 1.29 is 19.0 Å². The van der Waals surface area contributed by atoms with Gasteiger partial charge in [-0.25, -0.2) is 0 Å². The molecule has 24 heavy (non-hydrogen) atoms. The summed E-state index contributed by atoms with van der Waals surface area (Å²) in [5, 5.41) is 12.0. The molecule has 1 aliphatic heterocycles. The number of rotatable bonds is 6. The Morgan fingerprint density at radius 1 is 1.50 bits per heavy atom. The van der Waals surface area contributed by atoms with Crippen molar-refractivity contribution in [2.24, 2.45) is 0 Å². The predicted molar refractivity (Wildman–Crippen MR) is 92.8 cm³/mol. The number of benzene rings is 1. The van der Waals surface area contributed by atoms with Gasteiger partial charge in [-0.3, -0.25) is 4.79 Å². The second-order valence-electron chi connectivity index (χ2n) is 5.25. The van der Waals surface area contributed by atoms with Gasteiger partial charge in [-0.1, -0.05) is 0 Å². The van der Waals surface area contributed by atoms with Gasteiger partial charge >= 0.3 is 0 Å². The van der Waals surface area contributed by atoms with Crippen molar-refractivity contribution >= 4 is 27.9 Å². The van der Waals surface area contributed by atoms with E-state index in [9.17, 15) is 10.1 Å². The van der Waals surface area contributed by atoms with Crippen LogP contribution in [0.4, 0.5) is 0 Å². The average molecular weight is 395 g/mol. The fourth-order valence-corrected chi connectivity index (χ4v) is 3.07. The number of hydrogen-bond acceptors (Lipinski definition) is 5. The number of methoxy groups -OCH3 is 2. The molecule has 0 bridgehead atoms. The number of ether oxygens (including phenoxy) is 3. The van der Waals surface area contributed by atoms with Crippen molar-refractivity contribution in [2.75, 3.05) is 27.4 Å². The Morgan fingerprint density at radius 2 is 2.29 bits per heavy atom. The van der Waals surface area contributed by atoms with E-state index in [-0.39, 0.29) is 11.7 Å². The van der Waals surface area contributed by atoms with E-state index >= 15 is 0 Å². The Balaban J connectivity index is 2.15. The molecule has 7 heteroatoms. The molecule has 0 aliphatic carbocycles. The van der Waals surface area contributed by atoms with E-state index in [0.29, 0.717) is 28.1 Å². The number of hydrogen-bond donors (Lipinski definition) is 1. The third-order valence-electron chi connectivity index (χ3n) is 3.65. The zero-order valence-corrected chi connectivity index (χ0v) is 15.2. The first-order valence-electron chi connectivity index (χ1n) is 7.52. The maximum atomic E-state index is 12.2. The van der Waals surface area contributed by atoms with Gasteiger partial charge in [0.25, 0.3) is 5.91 Å². The van der Waals surface area contributed by atoms with Crippen molar-refractivity contribution in [3.8, 4) is 17.6 Å². The zero-order chi connectivity index (χ0) is 17.5. The minimum absolute atomic E-state index is 0.0205. The Morgan fingerprint density at radius 3 is 2.88 bits per heavy atom. The smallest absolute Gasteiger partial charge is 0.262 e. The predicted octanol–water partition coefficient (Wildman–Crippen LogP) is 2.67. The van der Waals surface area contributed by atoms with Gasteiger partial charge in [0.05, 0.1) is 24.8 Å². The van der Waals surface area contributed by atoms with Crippen LogP contribution in [0.15, 0.2) is 22.2 Å². The molecule has 1 fully saturated rings. The highest BCUT2D eigenvalue weighted by Crippen LogP contribution is 2.36. The number of amides is 1. The molecule has 128 valence electrons. The largest absolute Gasteiger partial charge is 0.493 e. The fourth-order valence-electron chi connectivity index (χ4n) is 2.44. The van der Waals surface area contributed by atoms with E-state index in [2.05, 4.69) is 21.2 Å². The number of halogens is 1. The van der Waals surface area contributed by atoms with E-state index in [1.54, 1.807) is 12.1 Å². The van der Waals surface area contributed by atoms with Crippen LogP contribution in [-0.4, -0.2) is 39.4 Å². The molecule has 1 heterocycles. The molecular formula is C17H19BrN2O4. The molecule has 1 N–H and O–H groups in total. The Hall–Kier alpha value is -2.04. The van der Waals surface area contributed by atoms with Crippen LogP contribution in [0, 0.1) is 11.3 Å². The van der Waals surface area contributed by atoms with Crippen LogP contribution in [-0.2, 0) is 9.53 Å². The number of nitrogens with zero attached hydrogens (tertiary/aromatic N) is 1. The lowest BCUT2D eigenvalue weighted by atomic mass is 10.1. The number of carbonyl (C=O) groups excluding carboxylic acids is 1. The first-order chi connectivity index (χ1) is 11.6. The normalized spacial score (nSPS) is 17.2. The zero-order valence-electron chi connectivity index (χ0n) is 13.6. The summed E-state index contributed by atoms with van der Waals surface area (Å²) in [5.41, 5.74) is 0.676. The molecule has 0 unspecified atom stereocenters. The minimum atomic E-state index is -0.418. The van der Waals surface area contributed by atoms with Crippen molar-refractivity contribution in [1.82, 2.24) is 5.32 Å². The molecule has 6 nitrogen and oxygen atoms in total. The van der Waals surface area contributed by atoms with Gasteiger partial charge in [0.15, 0.2) is 11.5 Å². The molecule has 2 rings (SSSR count). The van der Waals surface area contributed by atoms with Gasteiger partial charge in [0.1, 0.15) is 11.6 Å². The van der Waals surface area contributed by atoms with E-state index in [0.717, 1.165) is 19.4 Å². The molecular weight excluding hydrogens is 376 g/mol. The van der Waals surface area contributed by atoms with E-state index in [1.807, 2.05) is 6.07 Å². The molecule has 0 aromatic heterocycles. The summed E-state index contributed by atoms with van der Waals surface area (Å²) >= 11 is 3.39. The lowest BCUT2D eigenvalue weighted by Gasteiger charge is -2.11. The molecule has 1 aliphatic rings. The van der Waals surface area contributed by atoms with Crippen LogP contribution in [0.5, 0.6) is 11.5 Å².